The molecule has 0 amide bonds. The van der Waals surface area contributed by atoms with E-state index < -0.39 is 5.97 Å². The van der Waals surface area contributed by atoms with Crippen LogP contribution in [0.4, 0.5) is 4.39 Å². The molecule has 2 rings (SSSR count). The largest absolute Gasteiger partial charge is 0.481 e. The minimum atomic E-state index is -0.877. The average Bonchev–Trinajstić information content (AvgIpc) is 2.37. The van der Waals surface area contributed by atoms with Gasteiger partial charge in [-0.05, 0) is 12.1 Å². The number of benzene rings is 1. The summed E-state index contributed by atoms with van der Waals surface area (Å²) in [6, 6.07) is 4.73. The molecule has 2 aromatic rings. The maximum Gasteiger partial charge on any atom is 0.304 e. The molecule has 21 heavy (non-hydrogen) atoms. The lowest BCUT2D eigenvalue weighted by Crippen LogP contribution is -2.16. The summed E-state index contributed by atoms with van der Waals surface area (Å²) in [7, 11) is 0. The fraction of sp³-hybridized carbons (Fsp3) is 0.400. The van der Waals surface area contributed by atoms with Gasteiger partial charge in [-0.3, -0.25) is 4.79 Å². The Morgan fingerprint density at radius 3 is 2.67 bits per heavy atom. The highest BCUT2D eigenvalue weighted by Gasteiger charge is 2.21. The quantitative estimate of drug-likeness (QED) is 0.690. The maximum absolute atomic E-state index is 14.1. The van der Waals surface area contributed by atoms with E-state index in [0.29, 0.717) is 27.5 Å². The van der Waals surface area contributed by atoms with Crippen LogP contribution in [-0.2, 0) is 10.2 Å². The first-order chi connectivity index (χ1) is 9.79. The number of aromatic nitrogens is 2. The highest BCUT2D eigenvalue weighted by atomic mass is 32.2. The molecule has 0 fully saturated rings. The fourth-order valence-corrected chi connectivity index (χ4v) is 2.75. The second-order valence-corrected chi connectivity index (χ2v) is 6.81. The second kappa shape index (κ2) is 5.97. The number of carbonyl (C=O) groups is 1. The molecule has 0 spiro atoms. The van der Waals surface area contributed by atoms with Gasteiger partial charge in [0, 0.05) is 11.2 Å². The zero-order valence-corrected chi connectivity index (χ0v) is 13.0. The highest BCUT2D eigenvalue weighted by molar-refractivity contribution is 7.99. The topological polar surface area (TPSA) is 63.1 Å². The molecule has 0 aliphatic heterocycles. The molecule has 112 valence electrons. The molecule has 1 aromatic heterocycles. The molecule has 6 heteroatoms. The standard InChI is InChI=1S/C15H17FN2O2S/c1-15(2,3)14-17-10-6-4-5-9(16)12(10)13(18-14)21-8-7-11(19)20/h4-6H,7-8H2,1-3H3,(H,19,20). The Bertz CT molecular complexity index is 683. The SMILES string of the molecule is CC(C)(C)c1nc(SCCC(=O)O)c2c(F)cccc2n1. The number of fused-ring (bicyclic) bond motifs is 1. The maximum atomic E-state index is 14.1. The lowest BCUT2D eigenvalue weighted by molar-refractivity contribution is -0.136. The summed E-state index contributed by atoms with van der Waals surface area (Å²) in [6.45, 7) is 5.96. The Balaban J connectivity index is 2.51. The van der Waals surface area contributed by atoms with Crippen molar-refractivity contribution in [1.29, 1.82) is 0 Å². The van der Waals surface area contributed by atoms with E-state index in [1.54, 1.807) is 12.1 Å². The summed E-state index contributed by atoms with van der Waals surface area (Å²) in [5, 5.41) is 9.59. The van der Waals surface area contributed by atoms with Crippen molar-refractivity contribution in [1.82, 2.24) is 9.97 Å². The minimum Gasteiger partial charge on any atom is -0.481 e. The van der Waals surface area contributed by atoms with E-state index in [1.165, 1.54) is 17.8 Å². The lowest BCUT2D eigenvalue weighted by atomic mass is 9.95. The molecule has 1 aromatic carbocycles. The van der Waals surface area contributed by atoms with Crippen LogP contribution in [0.1, 0.15) is 33.0 Å². The molecule has 0 unspecified atom stereocenters. The van der Waals surface area contributed by atoms with Gasteiger partial charge in [0.25, 0.3) is 0 Å². The molecule has 1 N–H and O–H groups in total. The predicted molar refractivity (Wildman–Crippen MR) is 81.2 cm³/mol. The van der Waals surface area contributed by atoms with Crippen LogP contribution in [-0.4, -0.2) is 26.8 Å². The number of thioether (sulfide) groups is 1. The third-order valence-electron chi connectivity index (χ3n) is 2.86. The minimum absolute atomic E-state index is 0.00939. The Morgan fingerprint density at radius 1 is 1.33 bits per heavy atom. The number of halogens is 1. The summed E-state index contributed by atoms with van der Waals surface area (Å²) in [4.78, 5) is 19.5. The van der Waals surface area contributed by atoms with E-state index in [9.17, 15) is 9.18 Å². The number of hydrogen-bond acceptors (Lipinski definition) is 4. The monoisotopic (exact) mass is 308 g/mol. The first-order valence-corrected chi connectivity index (χ1v) is 7.59. The van der Waals surface area contributed by atoms with Gasteiger partial charge in [-0.1, -0.05) is 26.8 Å². The van der Waals surface area contributed by atoms with Crippen LogP contribution >= 0.6 is 11.8 Å². The van der Waals surface area contributed by atoms with Crippen LogP contribution in [0.5, 0.6) is 0 Å². The fourth-order valence-electron chi connectivity index (χ4n) is 1.78. The number of hydrogen-bond donors (Lipinski definition) is 1. The molecule has 0 atom stereocenters. The molecule has 0 bridgehead atoms. The van der Waals surface area contributed by atoms with Crippen molar-refractivity contribution in [2.75, 3.05) is 5.75 Å². The average molecular weight is 308 g/mol. The van der Waals surface area contributed by atoms with Crippen molar-refractivity contribution in [2.24, 2.45) is 0 Å². The van der Waals surface area contributed by atoms with Gasteiger partial charge < -0.3 is 5.11 Å². The van der Waals surface area contributed by atoms with Gasteiger partial charge in [0.05, 0.1) is 17.3 Å². The third-order valence-corrected chi connectivity index (χ3v) is 3.84. The van der Waals surface area contributed by atoms with E-state index >= 15 is 0 Å². The first kappa shape index (κ1) is 15.7. The van der Waals surface area contributed by atoms with Gasteiger partial charge in [0.2, 0.25) is 0 Å². The Kier molecular flexibility index (Phi) is 4.46. The van der Waals surface area contributed by atoms with Crippen LogP contribution in [0, 0.1) is 5.82 Å². The van der Waals surface area contributed by atoms with Crippen LogP contribution in [0.2, 0.25) is 0 Å². The van der Waals surface area contributed by atoms with Gasteiger partial charge in [-0.25, -0.2) is 14.4 Å². The van der Waals surface area contributed by atoms with Gasteiger partial charge in [-0.15, -0.1) is 11.8 Å². The number of rotatable bonds is 4. The predicted octanol–water partition coefficient (Wildman–Crippen LogP) is 3.63. The normalized spacial score (nSPS) is 11.8. The summed E-state index contributed by atoms with van der Waals surface area (Å²) in [5.74, 6) is -0.291. The first-order valence-electron chi connectivity index (χ1n) is 6.60. The lowest BCUT2D eigenvalue weighted by Gasteiger charge is -2.18. The molecule has 0 aliphatic rings. The van der Waals surface area contributed by atoms with Crippen molar-refractivity contribution in [3.05, 3.63) is 29.8 Å². The van der Waals surface area contributed by atoms with Gasteiger partial charge in [0.1, 0.15) is 16.7 Å². The van der Waals surface area contributed by atoms with Crippen molar-refractivity contribution in [3.63, 3.8) is 0 Å². The van der Waals surface area contributed by atoms with Gasteiger partial charge in [-0.2, -0.15) is 0 Å². The Morgan fingerprint density at radius 2 is 2.05 bits per heavy atom. The zero-order chi connectivity index (χ0) is 15.6. The number of carboxylic acids is 1. The van der Waals surface area contributed by atoms with Crippen molar-refractivity contribution in [2.45, 2.75) is 37.6 Å². The number of carboxylic acid groups (broad SMARTS) is 1. The summed E-state index contributed by atoms with van der Waals surface area (Å²) in [6.07, 6.45) is 0.00939. The van der Waals surface area contributed by atoms with Crippen molar-refractivity contribution >= 4 is 28.6 Å². The van der Waals surface area contributed by atoms with Gasteiger partial charge >= 0.3 is 5.97 Å². The molecule has 0 saturated heterocycles. The van der Waals surface area contributed by atoms with Crippen LogP contribution in [0.25, 0.3) is 10.9 Å². The molecule has 0 radical (unpaired) electrons. The van der Waals surface area contributed by atoms with Crippen LogP contribution < -0.4 is 0 Å². The Labute approximate surface area is 126 Å². The van der Waals surface area contributed by atoms with E-state index in [-0.39, 0.29) is 17.7 Å². The van der Waals surface area contributed by atoms with Crippen LogP contribution in [0.15, 0.2) is 23.2 Å². The molecular weight excluding hydrogens is 291 g/mol. The smallest absolute Gasteiger partial charge is 0.304 e. The van der Waals surface area contributed by atoms with Crippen molar-refractivity contribution in [3.8, 4) is 0 Å². The number of aliphatic carboxylic acids is 1. The zero-order valence-electron chi connectivity index (χ0n) is 12.2. The molecule has 1 heterocycles. The Hall–Kier alpha value is -1.69. The van der Waals surface area contributed by atoms with Crippen LogP contribution in [0.3, 0.4) is 0 Å². The van der Waals surface area contributed by atoms with E-state index in [0.717, 1.165) is 0 Å². The van der Waals surface area contributed by atoms with E-state index in [2.05, 4.69) is 9.97 Å². The molecular formula is C15H17FN2O2S. The third kappa shape index (κ3) is 3.69. The van der Waals surface area contributed by atoms with E-state index in [1.807, 2.05) is 20.8 Å². The highest BCUT2D eigenvalue weighted by Crippen LogP contribution is 2.30. The summed E-state index contributed by atoms with van der Waals surface area (Å²) in [5.41, 5.74) is 0.288. The van der Waals surface area contributed by atoms with Crippen molar-refractivity contribution < 1.29 is 14.3 Å². The number of nitrogens with zero attached hydrogens (tertiary/aromatic N) is 2. The second-order valence-electron chi connectivity index (χ2n) is 5.73. The molecule has 0 aliphatic carbocycles. The van der Waals surface area contributed by atoms with Gasteiger partial charge in [0.15, 0.2) is 0 Å². The molecule has 0 saturated carbocycles. The van der Waals surface area contributed by atoms with E-state index in [4.69, 9.17) is 5.11 Å². The molecule has 4 nitrogen and oxygen atoms in total. The summed E-state index contributed by atoms with van der Waals surface area (Å²) >= 11 is 1.25. The summed E-state index contributed by atoms with van der Waals surface area (Å²) < 4.78 is 14.1.